The molecule has 3 aromatic rings. The minimum Gasteiger partial charge on any atom is -0.489 e. The highest BCUT2D eigenvalue weighted by atomic mass is 16.5. The van der Waals surface area contributed by atoms with E-state index in [1.165, 1.54) is 11.1 Å². The summed E-state index contributed by atoms with van der Waals surface area (Å²) in [6, 6.07) is 19.0. The van der Waals surface area contributed by atoms with Crippen molar-refractivity contribution in [2.75, 3.05) is 0 Å². The van der Waals surface area contributed by atoms with Gasteiger partial charge in [0.05, 0.1) is 0 Å². The van der Waals surface area contributed by atoms with Gasteiger partial charge in [0.15, 0.2) is 0 Å². The number of hydrogen-bond acceptors (Lipinski definition) is 4. The predicted molar refractivity (Wildman–Crippen MR) is 101 cm³/mol. The summed E-state index contributed by atoms with van der Waals surface area (Å²) in [5, 5.41) is 12.1. The van der Waals surface area contributed by atoms with Gasteiger partial charge in [-0.15, -0.1) is 10.2 Å². The highest BCUT2D eigenvalue weighted by molar-refractivity contribution is 5.29. The van der Waals surface area contributed by atoms with E-state index >= 15 is 0 Å². The summed E-state index contributed by atoms with van der Waals surface area (Å²) in [7, 11) is 0. The van der Waals surface area contributed by atoms with Crippen LogP contribution in [0.3, 0.4) is 0 Å². The summed E-state index contributed by atoms with van der Waals surface area (Å²) < 4.78 is 8.15. The molecule has 1 atom stereocenters. The molecule has 4 rings (SSSR count). The Bertz CT molecular complexity index is 859. The lowest BCUT2D eigenvalue weighted by molar-refractivity contribution is 0.305. The number of aryl methyl sites for hydroxylation is 2. The molecule has 1 N–H and O–H groups in total. The van der Waals surface area contributed by atoms with Gasteiger partial charge in [-0.05, 0) is 36.6 Å². The van der Waals surface area contributed by atoms with Crippen LogP contribution >= 0.6 is 0 Å². The predicted octanol–water partition coefficient (Wildman–Crippen LogP) is 3.27. The zero-order valence-electron chi connectivity index (χ0n) is 15.1. The highest BCUT2D eigenvalue weighted by Gasteiger charge is 2.20. The molecule has 0 radical (unpaired) electrons. The number of aromatic nitrogens is 3. The Hall–Kier alpha value is -2.66. The number of ether oxygens (including phenoxy) is 1. The Kier molecular flexibility index (Phi) is 4.97. The lowest BCUT2D eigenvalue weighted by atomic mass is 10.1. The standard InChI is InChI=1S/C21H24N4O/c1-16-23-24-21-11-10-19(14-25(16)21)22-13-18-8-5-9-20(12-18)26-15-17-6-3-2-4-7-17/h2-9,12,19,22H,10-11,13-15H2,1H3. The molecule has 5 nitrogen and oxygen atoms in total. The van der Waals surface area contributed by atoms with E-state index in [1.54, 1.807) is 0 Å². The van der Waals surface area contributed by atoms with Crippen LogP contribution in [0.25, 0.3) is 0 Å². The average molecular weight is 348 g/mol. The second-order valence-electron chi connectivity index (χ2n) is 6.81. The zero-order chi connectivity index (χ0) is 17.8. The Morgan fingerprint density at radius 3 is 2.81 bits per heavy atom. The fraction of sp³-hybridized carbons (Fsp3) is 0.333. The Morgan fingerprint density at radius 2 is 1.92 bits per heavy atom. The van der Waals surface area contributed by atoms with Crippen LogP contribution in [0, 0.1) is 6.92 Å². The molecule has 1 unspecified atom stereocenters. The molecule has 0 amide bonds. The second-order valence-corrected chi connectivity index (χ2v) is 6.81. The van der Waals surface area contributed by atoms with Crippen LogP contribution in [0.15, 0.2) is 54.6 Å². The third-order valence-corrected chi connectivity index (χ3v) is 4.87. The highest BCUT2D eigenvalue weighted by Crippen LogP contribution is 2.17. The van der Waals surface area contributed by atoms with Crippen LogP contribution in [0.2, 0.25) is 0 Å². The Morgan fingerprint density at radius 1 is 1.08 bits per heavy atom. The van der Waals surface area contributed by atoms with Crippen molar-refractivity contribution in [3.63, 3.8) is 0 Å². The molecule has 1 aromatic heterocycles. The third-order valence-electron chi connectivity index (χ3n) is 4.87. The van der Waals surface area contributed by atoms with Gasteiger partial charge in [0.1, 0.15) is 24.0 Å². The number of fused-ring (bicyclic) bond motifs is 1. The maximum Gasteiger partial charge on any atom is 0.133 e. The topological polar surface area (TPSA) is 52.0 Å². The minimum atomic E-state index is 0.450. The lowest BCUT2D eigenvalue weighted by Gasteiger charge is -2.25. The number of rotatable bonds is 6. The average Bonchev–Trinajstić information content (AvgIpc) is 3.06. The molecule has 0 saturated carbocycles. The normalized spacial score (nSPS) is 16.3. The van der Waals surface area contributed by atoms with Crippen LogP contribution in [0.4, 0.5) is 0 Å². The summed E-state index contributed by atoms with van der Waals surface area (Å²) >= 11 is 0. The fourth-order valence-electron chi connectivity index (χ4n) is 3.38. The fourth-order valence-corrected chi connectivity index (χ4v) is 3.38. The van der Waals surface area contributed by atoms with E-state index in [0.717, 1.165) is 43.3 Å². The van der Waals surface area contributed by atoms with E-state index < -0.39 is 0 Å². The van der Waals surface area contributed by atoms with Crippen molar-refractivity contribution >= 4 is 0 Å². The van der Waals surface area contributed by atoms with E-state index in [4.69, 9.17) is 4.74 Å². The van der Waals surface area contributed by atoms with Crippen LogP contribution in [-0.4, -0.2) is 20.8 Å². The van der Waals surface area contributed by atoms with Crippen LogP contribution < -0.4 is 10.1 Å². The molecule has 0 bridgehead atoms. The van der Waals surface area contributed by atoms with Gasteiger partial charge in [-0.25, -0.2) is 0 Å². The maximum atomic E-state index is 5.93. The maximum absolute atomic E-state index is 5.93. The second kappa shape index (κ2) is 7.70. The van der Waals surface area contributed by atoms with E-state index in [-0.39, 0.29) is 0 Å². The Balaban J connectivity index is 1.32. The van der Waals surface area contributed by atoms with Crippen molar-refractivity contribution in [3.8, 4) is 5.75 Å². The Labute approximate surface area is 154 Å². The summed E-state index contributed by atoms with van der Waals surface area (Å²) in [5.74, 6) is 3.02. The molecule has 0 aliphatic carbocycles. The van der Waals surface area contributed by atoms with Crippen LogP contribution in [-0.2, 0) is 26.1 Å². The first-order chi connectivity index (χ1) is 12.8. The first kappa shape index (κ1) is 16.8. The summed E-state index contributed by atoms with van der Waals surface area (Å²) in [5.41, 5.74) is 2.42. The van der Waals surface area contributed by atoms with Crippen molar-refractivity contribution in [3.05, 3.63) is 77.4 Å². The van der Waals surface area contributed by atoms with Gasteiger partial charge in [0, 0.05) is 25.6 Å². The summed E-state index contributed by atoms with van der Waals surface area (Å²) in [4.78, 5) is 0. The first-order valence-corrected chi connectivity index (χ1v) is 9.15. The van der Waals surface area contributed by atoms with Crippen molar-refractivity contribution in [1.29, 1.82) is 0 Å². The van der Waals surface area contributed by atoms with Crippen LogP contribution in [0.5, 0.6) is 5.75 Å². The number of hydrogen-bond donors (Lipinski definition) is 1. The van der Waals surface area contributed by atoms with Gasteiger partial charge < -0.3 is 14.6 Å². The van der Waals surface area contributed by atoms with E-state index in [2.05, 4.69) is 50.4 Å². The molecule has 2 heterocycles. The van der Waals surface area contributed by atoms with Crippen molar-refractivity contribution < 1.29 is 4.74 Å². The minimum absolute atomic E-state index is 0.450. The molecule has 26 heavy (non-hydrogen) atoms. The lowest BCUT2D eigenvalue weighted by Crippen LogP contribution is -2.37. The third kappa shape index (κ3) is 3.94. The molecule has 134 valence electrons. The van der Waals surface area contributed by atoms with Gasteiger partial charge in [-0.3, -0.25) is 0 Å². The largest absolute Gasteiger partial charge is 0.489 e. The van der Waals surface area contributed by atoms with Gasteiger partial charge in [-0.2, -0.15) is 0 Å². The van der Waals surface area contributed by atoms with Crippen LogP contribution in [0.1, 0.15) is 29.2 Å². The molecule has 2 aromatic carbocycles. The molecule has 0 saturated heterocycles. The molecular formula is C21H24N4O. The summed E-state index contributed by atoms with van der Waals surface area (Å²) in [6.45, 7) is 4.39. The zero-order valence-corrected chi connectivity index (χ0v) is 15.1. The van der Waals surface area contributed by atoms with Gasteiger partial charge in [0.2, 0.25) is 0 Å². The van der Waals surface area contributed by atoms with Gasteiger partial charge >= 0.3 is 0 Å². The molecule has 0 spiro atoms. The van der Waals surface area contributed by atoms with Crippen molar-refractivity contribution in [2.45, 2.75) is 45.5 Å². The van der Waals surface area contributed by atoms with Gasteiger partial charge in [0.25, 0.3) is 0 Å². The van der Waals surface area contributed by atoms with E-state index in [0.29, 0.717) is 12.6 Å². The monoisotopic (exact) mass is 348 g/mol. The molecular weight excluding hydrogens is 324 g/mol. The van der Waals surface area contributed by atoms with E-state index in [9.17, 15) is 0 Å². The number of nitrogens with zero attached hydrogens (tertiary/aromatic N) is 3. The molecule has 1 aliphatic rings. The van der Waals surface area contributed by atoms with Crippen molar-refractivity contribution in [1.82, 2.24) is 20.1 Å². The van der Waals surface area contributed by atoms with Gasteiger partial charge in [-0.1, -0.05) is 42.5 Å². The number of benzene rings is 2. The SMILES string of the molecule is Cc1nnc2n1CC(NCc1cccc(OCc3ccccc3)c1)CC2. The number of nitrogens with one attached hydrogen (secondary N) is 1. The van der Waals surface area contributed by atoms with E-state index in [1.807, 2.05) is 31.2 Å². The molecule has 0 fully saturated rings. The molecule has 5 heteroatoms. The quantitative estimate of drug-likeness (QED) is 0.743. The van der Waals surface area contributed by atoms with Crippen molar-refractivity contribution in [2.24, 2.45) is 0 Å². The smallest absolute Gasteiger partial charge is 0.133 e. The summed E-state index contributed by atoms with van der Waals surface area (Å²) in [6.07, 6.45) is 2.08. The molecule has 1 aliphatic heterocycles. The first-order valence-electron chi connectivity index (χ1n) is 9.15.